The van der Waals surface area contributed by atoms with E-state index in [2.05, 4.69) is 15.6 Å². The largest absolute Gasteiger partial charge is 0.441 e. The van der Waals surface area contributed by atoms with E-state index < -0.39 is 0 Å². The number of nitrogens with zero attached hydrogens (tertiary/aromatic N) is 1. The molecule has 0 aliphatic rings. The van der Waals surface area contributed by atoms with Gasteiger partial charge in [0.25, 0.3) is 11.8 Å². The zero-order chi connectivity index (χ0) is 23.2. The maximum atomic E-state index is 12.6. The van der Waals surface area contributed by atoms with Gasteiger partial charge in [0.05, 0.1) is 29.3 Å². The van der Waals surface area contributed by atoms with Gasteiger partial charge in [0.15, 0.2) is 0 Å². The van der Waals surface area contributed by atoms with E-state index in [9.17, 15) is 9.59 Å². The van der Waals surface area contributed by atoms with Gasteiger partial charge in [-0.05, 0) is 43.3 Å². The van der Waals surface area contributed by atoms with E-state index >= 15 is 0 Å². The van der Waals surface area contributed by atoms with Crippen LogP contribution < -0.4 is 10.6 Å². The summed E-state index contributed by atoms with van der Waals surface area (Å²) in [5.74, 6) is 0.574. The smallest absolute Gasteiger partial charge is 0.261 e. The summed E-state index contributed by atoms with van der Waals surface area (Å²) < 4.78 is 11.0. The van der Waals surface area contributed by atoms with Crippen molar-refractivity contribution < 1.29 is 18.7 Å². The number of hydrogen-bond donors (Lipinski definition) is 2. The molecule has 0 aliphatic heterocycles. The average Bonchev–Trinajstić information content (AvgIpc) is 3.45. The second-order valence-electron chi connectivity index (χ2n) is 7.27. The molecule has 0 saturated heterocycles. The summed E-state index contributed by atoms with van der Waals surface area (Å²) in [6, 6.07) is 20.0. The molecule has 0 bridgehead atoms. The van der Waals surface area contributed by atoms with Gasteiger partial charge in [0.2, 0.25) is 5.89 Å². The first-order valence-electron chi connectivity index (χ1n) is 10.3. The minimum Gasteiger partial charge on any atom is -0.441 e. The van der Waals surface area contributed by atoms with Crippen molar-refractivity contribution in [3.05, 3.63) is 93.5 Å². The van der Waals surface area contributed by atoms with Crippen molar-refractivity contribution in [3.63, 3.8) is 0 Å². The van der Waals surface area contributed by atoms with Crippen molar-refractivity contribution >= 4 is 28.8 Å². The number of carbonyl (C=O) groups excluding carboxylic acids is 2. The van der Waals surface area contributed by atoms with E-state index in [0.29, 0.717) is 45.6 Å². The number of nitrogens with one attached hydrogen (secondary N) is 2. The molecular formula is C25H23N3O4S. The van der Waals surface area contributed by atoms with Gasteiger partial charge in [-0.1, -0.05) is 30.3 Å². The zero-order valence-electron chi connectivity index (χ0n) is 18.3. The Morgan fingerprint density at radius 3 is 2.55 bits per heavy atom. The number of para-hydroxylation sites is 1. The number of amides is 2. The van der Waals surface area contributed by atoms with Crippen LogP contribution in [0.15, 0.2) is 71.1 Å². The predicted octanol–water partition coefficient (Wildman–Crippen LogP) is 5.04. The molecule has 168 valence electrons. The maximum absolute atomic E-state index is 12.6. The minimum absolute atomic E-state index is 0.179. The van der Waals surface area contributed by atoms with Crippen LogP contribution in [0.5, 0.6) is 0 Å². The van der Waals surface area contributed by atoms with Gasteiger partial charge < -0.3 is 19.8 Å². The number of benzene rings is 2. The molecule has 0 unspecified atom stereocenters. The number of aryl methyl sites for hydroxylation is 1. The summed E-state index contributed by atoms with van der Waals surface area (Å²) in [6.45, 7) is 2.50. The van der Waals surface area contributed by atoms with Gasteiger partial charge in [0.1, 0.15) is 11.5 Å². The number of thiophene rings is 1. The van der Waals surface area contributed by atoms with Gasteiger partial charge in [-0.3, -0.25) is 9.59 Å². The van der Waals surface area contributed by atoms with E-state index in [4.69, 9.17) is 9.15 Å². The number of rotatable bonds is 8. The molecule has 8 heteroatoms. The maximum Gasteiger partial charge on any atom is 0.261 e. The molecule has 7 nitrogen and oxygen atoms in total. The molecule has 4 aromatic rings. The summed E-state index contributed by atoms with van der Waals surface area (Å²) in [7, 11) is 1.62. The lowest BCUT2D eigenvalue weighted by atomic mass is 10.1. The Labute approximate surface area is 195 Å². The highest BCUT2D eigenvalue weighted by Gasteiger charge is 2.17. The van der Waals surface area contributed by atoms with E-state index in [-0.39, 0.29) is 18.4 Å². The van der Waals surface area contributed by atoms with Crippen LogP contribution in [0.2, 0.25) is 0 Å². The van der Waals surface area contributed by atoms with Crippen molar-refractivity contribution in [1.82, 2.24) is 10.3 Å². The molecule has 0 atom stereocenters. The second-order valence-corrected chi connectivity index (χ2v) is 8.44. The lowest BCUT2D eigenvalue weighted by Crippen LogP contribution is -2.22. The van der Waals surface area contributed by atoms with Crippen LogP contribution in [0.25, 0.3) is 11.5 Å². The molecule has 2 aromatic carbocycles. The van der Waals surface area contributed by atoms with Crippen molar-refractivity contribution in [2.24, 2.45) is 0 Å². The van der Waals surface area contributed by atoms with Crippen LogP contribution >= 0.6 is 11.3 Å². The van der Waals surface area contributed by atoms with Gasteiger partial charge in [-0.2, -0.15) is 0 Å². The first-order chi connectivity index (χ1) is 16.0. The molecule has 0 aliphatic carbocycles. The molecule has 2 heterocycles. The van der Waals surface area contributed by atoms with Crippen LogP contribution in [-0.2, 0) is 17.9 Å². The van der Waals surface area contributed by atoms with E-state index in [1.165, 1.54) is 11.3 Å². The minimum atomic E-state index is -0.220. The fraction of sp³-hybridized carbons (Fsp3) is 0.160. The van der Waals surface area contributed by atoms with E-state index in [1.54, 1.807) is 38.3 Å². The van der Waals surface area contributed by atoms with Gasteiger partial charge >= 0.3 is 0 Å². The number of methoxy groups -OCH3 is 1. The van der Waals surface area contributed by atoms with E-state index in [1.807, 2.05) is 42.5 Å². The average molecular weight is 462 g/mol. The van der Waals surface area contributed by atoms with E-state index in [0.717, 1.165) is 4.88 Å². The number of oxazole rings is 1. The molecule has 2 amide bonds. The molecule has 0 fully saturated rings. The number of hydrogen-bond acceptors (Lipinski definition) is 6. The third kappa shape index (κ3) is 5.36. The van der Waals surface area contributed by atoms with Gasteiger partial charge in [0, 0.05) is 17.6 Å². The molecule has 0 spiro atoms. The first-order valence-corrected chi connectivity index (χ1v) is 11.1. The summed E-state index contributed by atoms with van der Waals surface area (Å²) >= 11 is 1.39. The SMILES string of the molecule is COCc1ccc(C(=O)NCc2nc(-c3ccccc3NC(=O)c3ccccc3)oc2C)s1. The monoisotopic (exact) mass is 461 g/mol. The van der Waals surface area contributed by atoms with Crippen molar-refractivity contribution in [2.75, 3.05) is 12.4 Å². The number of ether oxygens (including phenoxy) is 1. The lowest BCUT2D eigenvalue weighted by Gasteiger charge is -2.08. The number of aromatic nitrogens is 1. The summed E-state index contributed by atoms with van der Waals surface area (Å²) in [5.41, 5.74) is 2.43. The summed E-state index contributed by atoms with van der Waals surface area (Å²) in [5, 5.41) is 5.80. The molecule has 4 rings (SSSR count). The predicted molar refractivity (Wildman–Crippen MR) is 127 cm³/mol. The van der Waals surface area contributed by atoms with Gasteiger partial charge in [-0.25, -0.2) is 4.98 Å². The highest BCUT2D eigenvalue weighted by molar-refractivity contribution is 7.14. The number of carbonyl (C=O) groups is 2. The Kier molecular flexibility index (Phi) is 6.97. The van der Waals surface area contributed by atoms with Crippen LogP contribution in [0.1, 0.15) is 36.4 Å². The van der Waals surface area contributed by atoms with Crippen LogP contribution in [-0.4, -0.2) is 23.9 Å². The van der Waals surface area contributed by atoms with Crippen LogP contribution in [0, 0.1) is 6.92 Å². The standard InChI is InChI=1S/C25H23N3O4S/c1-16-21(14-26-24(30)22-13-12-18(33-22)15-31-2)28-25(32-16)19-10-6-7-11-20(19)27-23(29)17-8-4-3-5-9-17/h3-13H,14-15H2,1-2H3,(H,26,30)(H,27,29). The number of anilines is 1. The van der Waals surface area contributed by atoms with Crippen molar-refractivity contribution in [3.8, 4) is 11.5 Å². The Hall–Kier alpha value is -3.75. The van der Waals surface area contributed by atoms with Gasteiger partial charge in [-0.15, -0.1) is 11.3 Å². The fourth-order valence-corrected chi connectivity index (χ4v) is 4.14. The quantitative estimate of drug-likeness (QED) is 0.383. The lowest BCUT2D eigenvalue weighted by molar-refractivity contribution is 0.0953. The third-order valence-corrected chi connectivity index (χ3v) is 5.98. The van der Waals surface area contributed by atoms with Crippen LogP contribution in [0.4, 0.5) is 5.69 Å². The molecular weight excluding hydrogens is 438 g/mol. The Morgan fingerprint density at radius 2 is 1.76 bits per heavy atom. The van der Waals surface area contributed by atoms with Crippen LogP contribution in [0.3, 0.4) is 0 Å². The molecule has 2 aromatic heterocycles. The molecule has 33 heavy (non-hydrogen) atoms. The Bertz CT molecular complexity index is 1260. The zero-order valence-corrected chi connectivity index (χ0v) is 19.1. The Balaban J connectivity index is 1.48. The fourth-order valence-electron chi connectivity index (χ4n) is 3.24. The molecule has 2 N–H and O–H groups in total. The second kappa shape index (κ2) is 10.2. The summed E-state index contributed by atoms with van der Waals surface area (Å²) in [4.78, 5) is 31.3. The molecule has 0 radical (unpaired) electrons. The highest BCUT2D eigenvalue weighted by Crippen LogP contribution is 2.29. The summed E-state index contributed by atoms with van der Waals surface area (Å²) in [6.07, 6.45) is 0. The van der Waals surface area contributed by atoms with Crippen molar-refractivity contribution in [2.45, 2.75) is 20.1 Å². The normalized spacial score (nSPS) is 10.7. The topological polar surface area (TPSA) is 93.5 Å². The molecule has 0 saturated carbocycles. The first kappa shape index (κ1) is 22.4. The third-order valence-electron chi connectivity index (χ3n) is 4.92. The van der Waals surface area contributed by atoms with Crippen molar-refractivity contribution in [1.29, 1.82) is 0 Å². The Morgan fingerprint density at radius 1 is 1.00 bits per heavy atom. The highest BCUT2D eigenvalue weighted by atomic mass is 32.1.